The quantitative estimate of drug-likeness (QED) is 0.889. The third-order valence-electron chi connectivity index (χ3n) is 3.81. The van der Waals surface area contributed by atoms with Gasteiger partial charge in [0.2, 0.25) is 0 Å². The lowest BCUT2D eigenvalue weighted by Crippen LogP contribution is -2.36. The van der Waals surface area contributed by atoms with Crippen molar-refractivity contribution in [1.82, 2.24) is 15.3 Å². The summed E-state index contributed by atoms with van der Waals surface area (Å²) in [5, 5.41) is 6.68. The molecule has 1 aliphatic rings. The summed E-state index contributed by atoms with van der Waals surface area (Å²) in [6, 6.07) is 8.54. The third kappa shape index (κ3) is 2.54. The molecule has 1 fully saturated rings. The predicted molar refractivity (Wildman–Crippen MR) is 83.4 cm³/mol. The molecule has 0 bridgehead atoms. The molecule has 0 saturated carbocycles. The second kappa shape index (κ2) is 5.63. The van der Waals surface area contributed by atoms with Crippen molar-refractivity contribution in [2.75, 3.05) is 37.4 Å². The van der Waals surface area contributed by atoms with E-state index in [1.54, 1.807) is 0 Å². The van der Waals surface area contributed by atoms with Gasteiger partial charge in [-0.2, -0.15) is 0 Å². The highest BCUT2D eigenvalue weighted by molar-refractivity contribution is 5.80. The summed E-state index contributed by atoms with van der Waals surface area (Å²) in [6.07, 6.45) is 2.50. The lowest BCUT2D eigenvalue weighted by Gasteiger charge is -2.24. The number of nitrogens with zero attached hydrogens (tertiary/aromatic N) is 3. The molecule has 0 unspecified atom stereocenters. The van der Waals surface area contributed by atoms with Gasteiger partial charge in [0.1, 0.15) is 0 Å². The smallest absolute Gasteiger partial charge is 0.172 e. The van der Waals surface area contributed by atoms with Gasteiger partial charge < -0.3 is 15.5 Å². The molecule has 2 heterocycles. The molecule has 1 atom stereocenters. The van der Waals surface area contributed by atoms with Gasteiger partial charge in [0.25, 0.3) is 0 Å². The summed E-state index contributed by atoms with van der Waals surface area (Å²) >= 11 is 0. The molecule has 0 radical (unpaired) electrons. The molecule has 0 aliphatic carbocycles. The van der Waals surface area contributed by atoms with Gasteiger partial charge in [-0.1, -0.05) is 12.1 Å². The molecule has 2 aromatic rings. The molecule has 1 aromatic carbocycles. The van der Waals surface area contributed by atoms with Gasteiger partial charge in [0, 0.05) is 26.7 Å². The van der Waals surface area contributed by atoms with E-state index in [0.29, 0.717) is 6.04 Å². The Bertz CT molecular complexity index is 592. The van der Waals surface area contributed by atoms with Crippen molar-refractivity contribution in [1.29, 1.82) is 0 Å². The molecule has 1 saturated heterocycles. The molecule has 0 spiro atoms. The first kappa shape index (κ1) is 13.1. The first-order valence-corrected chi connectivity index (χ1v) is 7.17. The van der Waals surface area contributed by atoms with Gasteiger partial charge in [0.05, 0.1) is 11.0 Å². The zero-order chi connectivity index (χ0) is 13.9. The molecule has 5 nitrogen and oxygen atoms in total. The van der Waals surface area contributed by atoms with E-state index in [1.165, 1.54) is 12.8 Å². The Balaban J connectivity index is 1.91. The van der Waals surface area contributed by atoms with Crippen LogP contribution in [-0.4, -0.2) is 43.2 Å². The second-order valence-corrected chi connectivity index (χ2v) is 5.31. The first-order chi connectivity index (χ1) is 9.78. The monoisotopic (exact) mass is 271 g/mol. The predicted octanol–water partition coefficient (Wildman–Crippen LogP) is 1.86. The van der Waals surface area contributed by atoms with Gasteiger partial charge >= 0.3 is 0 Å². The van der Waals surface area contributed by atoms with Gasteiger partial charge in [0.15, 0.2) is 11.6 Å². The van der Waals surface area contributed by atoms with Gasteiger partial charge in [-0.25, -0.2) is 9.97 Å². The van der Waals surface area contributed by atoms with Crippen LogP contribution in [0.3, 0.4) is 0 Å². The SMILES string of the molecule is CNc1nc2ccccc2nc1N(C)C[C@H]1CCCN1. The minimum atomic E-state index is 0.554. The fraction of sp³-hybridized carbons (Fsp3) is 0.467. The Kier molecular flexibility index (Phi) is 3.69. The molecule has 1 aromatic heterocycles. The number of benzene rings is 1. The molecule has 0 amide bonds. The van der Waals surface area contributed by atoms with Crippen LogP contribution in [-0.2, 0) is 0 Å². The summed E-state index contributed by atoms with van der Waals surface area (Å²) in [5.41, 5.74) is 1.86. The van der Waals surface area contributed by atoms with Crippen LogP contribution in [0.5, 0.6) is 0 Å². The standard InChI is InChI=1S/C15H21N5/c1-16-14-15(20(2)10-11-6-5-9-17-11)19-13-8-4-3-7-12(13)18-14/h3-4,7-8,11,17H,5-6,9-10H2,1-2H3,(H,16,18)/t11-/m1/s1. The van der Waals surface area contributed by atoms with Crippen molar-refractivity contribution in [2.45, 2.75) is 18.9 Å². The lowest BCUT2D eigenvalue weighted by atomic mass is 10.2. The maximum absolute atomic E-state index is 4.76. The van der Waals surface area contributed by atoms with Crippen molar-refractivity contribution in [3.8, 4) is 0 Å². The number of aromatic nitrogens is 2. The Morgan fingerprint density at radius 1 is 1.30 bits per heavy atom. The normalized spacial score (nSPS) is 18.4. The van der Waals surface area contributed by atoms with Crippen LogP contribution in [0.2, 0.25) is 0 Å². The Morgan fingerprint density at radius 2 is 2.05 bits per heavy atom. The maximum Gasteiger partial charge on any atom is 0.172 e. The highest BCUT2D eigenvalue weighted by Gasteiger charge is 2.19. The summed E-state index contributed by atoms with van der Waals surface area (Å²) in [6.45, 7) is 2.09. The van der Waals surface area contributed by atoms with Crippen LogP contribution >= 0.6 is 0 Å². The van der Waals surface area contributed by atoms with Gasteiger partial charge in [-0.05, 0) is 31.5 Å². The minimum Gasteiger partial charge on any atom is -0.370 e. The van der Waals surface area contributed by atoms with Crippen molar-refractivity contribution in [3.05, 3.63) is 24.3 Å². The lowest BCUT2D eigenvalue weighted by molar-refractivity contribution is 0.597. The fourth-order valence-electron chi connectivity index (χ4n) is 2.75. The van der Waals surface area contributed by atoms with E-state index in [0.717, 1.165) is 35.8 Å². The number of para-hydroxylation sites is 2. The van der Waals surface area contributed by atoms with E-state index < -0.39 is 0 Å². The first-order valence-electron chi connectivity index (χ1n) is 7.17. The maximum atomic E-state index is 4.76. The van der Waals surface area contributed by atoms with Crippen LogP contribution in [0.1, 0.15) is 12.8 Å². The van der Waals surface area contributed by atoms with Crippen LogP contribution in [0.25, 0.3) is 11.0 Å². The number of rotatable bonds is 4. The minimum absolute atomic E-state index is 0.554. The van der Waals surface area contributed by atoms with E-state index in [9.17, 15) is 0 Å². The van der Waals surface area contributed by atoms with Crippen molar-refractivity contribution >= 4 is 22.7 Å². The van der Waals surface area contributed by atoms with Gasteiger partial charge in [-0.15, -0.1) is 0 Å². The Hall–Kier alpha value is -1.88. The van der Waals surface area contributed by atoms with E-state index >= 15 is 0 Å². The second-order valence-electron chi connectivity index (χ2n) is 5.31. The molecular formula is C15H21N5. The Labute approximate surface area is 119 Å². The Morgan fingerprint density at radius 3 is 2.70 bits per heavy atom. The molecule has 2 N–H and O–H groups in total. The van der Waals surface area contributed by atoms with Crippen LogP contribution in [0.15, 0.2) is 24.3 Å². The summed E-state index contributed by atoms with van der Waals surface area (Å²) in [4.78, 5) is 11.6. The fourth-order valence-corrected chi connectivity index (χ4v) is 2.75. The number of hydrogen-bond acceptors (Lipinski definition) is 5. The van der Waals surface area contributed by atoms with Crippen LogP contribution in [0.4, 0.5) is 11.6 Å². The van der Waals surface area contributed by atoms with Crippen molar-refractivity contribution in [2.24, 2.45) is 0 Å². The third-order valence-corrected chi connectivity index (χ3v) is 3.81. The van der Waals surface area contributed by atoms with E-state index in [2.05, 4.69) is 27.6 Å². The number of anilines is 2. The average molecular weight is 271 g/mol. The topological polar surface area (TPSA) is 53.1 Å². The largest absolute Gasteiger partial charge is 0.370 e. The molecular weight excluding hydrogens is 250 g/mol. The van der Waals surface area contributed by atoms with Crippen LogP contribution in [0, 0.1) is 0 Å². The molecule has 106 valence electrons. The summed E-state index contributed by atoms with van der Waals surface area (Å²) < 4.78 is 0. The summed E-state index contributed by atoms with van der Waals surface area (Å²) in [7, 11) is 3.98. The van der Waals surface area contributed by atoms with E-state index in [-0.39, 0.29) is 0 Å². The molecule has 20 heavy (non-hydrogen) atoms. The zero-order valence-electron chi connectivity index (χ0n) is 12.1. The molecule has 1 aliphatic heterocycles. The average Bonchev–Trinajstić information content (AvgIpc) is 2.98. The molecule has 5 heteroatoms. The van der Waals surface area contributed by atoms with E-state index in [4.69, 9.17) is 4.98 Å². The number of hydrogen-bond donors (Lipinski definition) is 2. The number of likely N-dealkylation sites (N-methyl/N-ethyl adjacent to an activating group) is 1. The van der Waals surface area contributed by atoms with Crippen molar-refractivity contribution in [3.63, 3.8) is 0 Å². The van der Waals surface area contributed by atoms with Crippen LogP contribution < -0.4 is 15.5 Å². The van der Waals surface area contributed by atoms with Crippen molar-refractivity contribution < 1.29 is 0 Å². The summed E-state index contributed by atoms with van der Waals surface area (Å²) in [5.74, 6) is 1.75. The zero-order valence-corrected chi connectivity index (χ0v) is 12.1. The highest BCUT2D eigenvalue weighted by Crippen LogP contribution is 2.24. The van der Waals surface area contributed by atoms with Gasteiger partial charge in [-0.3, -0.25) is 0 Å². The number of fused-ring (bicyclic) bond motifs is 1. The molecule has 3 rings (SSSR count). The number of nitrogens with one attached hydrogen (secondary N) is 2. The highest BCUT2D eigenvalue weighted by atomic mass is 15.2. The van der Waals surface area contributed by atoms with E-state index in [1.807, 2.05) is 31.3 Å².